The van der Waals surface area contributed by atoms with Crippen molar-refractivity contribution in [1.82, 2.24) is 30.0 Å². The summed E-state index contributed by atoms with van der Waals surface area (Å²) in [6, 6.07) is 9.96. The van der Waals surface area contributed by atoms with Gasteiger partial charge >= 0.3 is 0 Å². The summed E-state index contributed by atoms with van der Waals surface area (Å²) in [7, 11) is 1.64. The fraction of sp³-hybridized carbons (Fsp3) is 0.368. The van der Waals surface area contributed by atoms with Crippen molar-refractivity contribution in [3.8, 4) is 5.69 Å². The molecule has 0 aliphatic carbocycles. The van der Waals surface area contributed by atoms with Gasteiger partial charge in [-0.05, 0) is 12.1 Å². The molecule has 1 amide bonds. The summed E-state index contributed by atoms with van der Waals surface area (Å²) in [5.74, 6) is 0.827. The Balaban J connectivity index is 1.53. The first-order valence-corrected chi connectivity index (χ1v) is 10.0. The molecule has 2 aromatic heterocycles. The lowest BCUT2D eigenvalue weighted by Crippen LogP contribution is -2.40. The van der Waals surface area contributed by atoms with Crippen LogP contribution in [0, 0.1) is 0 Å². The molecule has 1 aliphatic rings. The number of hydrogen-bond acceptors (Lipinski definition) is 7. The van der Waals surface area contributed by atoms with Crippen molar-refractivity contribution in [2.24, 2.45) is 0 Å². The van der Waals surface area contributed by atoms with Crippen LogP contribution in [0.4, 0.5) is 0 Å². The summed E-state index contributed by atoms with van der Waals surface area (Å²) in [6.07, 6.45) is 1.90. The molecule has 0 radical (unpaired) electrons. The Kier molecular flexibility index (Phi) is 5.75. The van der Waals surface area contributed by atoms with Crippen LogP contribution < -0.4 is 5.32 Å². The maximum Gasteiger partial charge on any atom is 0.226 e. The van der Waals surface area contributed by atoms with Crippen LogP contribution >= 0.6 is 11.3 Å². The van der Waals surface area contributed by atoms with Gasteiger partial charge in [0.2, 0.25) is 5.91 Å². The van der Waals surface area contributed by atoms with Crippen LogP contribution in [0.15, 0.2) is 42.0 Å². The number of ether oxygens (including phenoxy) is 1. The Bertz CT molecular complexity index is 925. The van der Waals surface area contributed by atoms with Crippen molar-refractivity contribution in [3.05, 3.63) is 58.6 Å². The zero-order valence-electron chi connectivity index (χ0n) is 15.6. The number of benzene rings is 1. The van der Waals surface area contributed by atoms with Crippen molar-refractivity contribution in [3.63, 3.8) is 0 Å². The van der Waals surface area contributed by atoms with Gasteiger partial charge in [0, 0.05) is 25.5 Å². The molecule has 1 unspecified atom stereocenters. The fourth-order valence-corrected chi connectivity index (χ4v) is 4.03. The topological polar surface area (TPSA) is 85.2 Å². The van der Waals surface area contributed by atoms with Crippen LogP contribution in [0.1, 0.15) is 22.6 Å². The van der Waals surface area contributed by atoms with Crippen LogP contribution in [-0.4, -0.2) is 57.4 Å². The second kappa shape index (κ2) is 8.59. The van der Waals surface area contributed by atoms with Gasteiger partial charge < -0.3 is 10.1 Å². The number of likely N-dealkylation sites (N-methyl/N-ethyl adjacent to an activating group) is 1. The minimum absolute atomic E-state index is 0.0134. The highest BCUT2D eigenvalue weighted by atomic mass is 32.1. The third-order valence-corrected chi connectivity index (χ3v) is 5.56. The van der Waals surface area contributed by atoms with Crippen LogP contribution in [0.5, 0.6) is 0 Å². The lowest BCUT2D eigenvalue weighted by Gasteiger charge is -2.34. The largest absolute Gasteiger partial charge is 0.378 e. The Morgan fingerprint density at radius 2 is 2.21 bits per heavy atom. The molecular weight excluding hydrogens is 376 g/mol. The molecule has 0 spiro atoms. The lowest BCUT2D eigenvalue weighted by atomic mass is 10.2. The van der Waals surface area contributed by atoms with Gasteiger partial charge in [-0.25, -0.2) is 14.6 Å². The van der Waals surface area contributed by atoms with Crippen LogP contribution in [-0.2, 0) is 22.5 Å². The van der Waals surface area contributed by atoms with E-state index in [4.69, 9.17) is 4.74 Å². The molecule has 1 atom stereocenters. The number of nitrogens with one attached hydrogen (secondary N) is 1. The number of nitrogens with zero attached hydrogens (tertiary/aromatic N) is 5. The average Bonchev–Trinajstić information content (AvgIpc) is 3.39. The van der Waals surface area contributed by atoms with Crippen molar-refractivity contribution < 1.29 is 9.53 Å². The molecule has 0 bridgehead atoms. The second-order valence-corrected chi connectivity index (χ2v) is 7.45. The lowest BCUT2D eigenvalue weighted by molar-refractivity contribution is -0.119. The molecule has 1 aromatic carbocycles. The van der Waals surface area contributed by atoms with Gasteiger partial charge in [0.15, 0.2) is 5.82 Å². The van der Waals surface area contributed by atoms with Gasteiger partial charge in [0.25, 0.3) is 0 Å². The fourth-order valence-electron chi connectivity index (χ4n) is 3.25. The molecule has 9 heteroatoms. The summed E-state index contributed by atoms with van der Waals surface area (Å²) in [4.78, 5) is 23.0. The molecule has 1 saturated heterocycles. The Labute approximate surface area is 167 Å². The van der Waals surface area contributed by atoms with E-state index in [2.05, 4.69) is 25.3 Å². The zero-order valence-corrected chi connectivity index (χ0v) is 16.4. The van der Waals surface area contributed by atoms with Gasteiger partial charge in [0.1, 0.15) is 11.3 Å². The predicted molar refractivity (Wildman–Crippen MR) is 105 cm³/mol. The summed E-state index contributed by atoms with van der Waals surface area (Å²) >= 11 is 1.52. The van der Waals surface area contributed by atoms with Crippen LogP contribution in [0.3, 0.4) is 0 Å². The van der Waals surface area contributed by atoms with E-state index in [0.29, 0.717) is 26.2 Å². The number of para-hydroxylation sites is 1. The van der Waals surface area contributed by atoms with E-state index in [-0.39, 0.29) is 11.9 Å². The Morgan fingerprint density at radius 3 is 3.04 bits per heavy atom. The molecule has 146 valence electrons. The van der Waals surface area contributed by atoms with Gasteiger partial charge in [0.05, 0.1) is 37.1 Å². The third kappa shape index (κ3) is 4.11. The van der Waals surface area contributed by atoms with E-state index in [1.54, 1.807) is 13.4 Å². The Hall–Kier alpha value is -2.62. The molecule has 3 heterocycles. The first-order chi connectivity index (χ1) is 13.7. The van der Waals surface area contributed by atoms with Crippen molar-refractivity contribution >= 4 is 17.2 Å². The van der Waals surface area contributed by atoms with Crippen molar-refractivity contribution in [1.29, 1.82) is 0 Å². The molecule has 0 saturated carbocycles. The maximum absolute atomic E-state index is 11.6. The monoisotopic (exact) mass is 398 g/mol. The number of amides is 1. The highest BCUT2D eigenvalue weighted by Gasteiger charge is 2.29. The highest BCUT2D eigenvalue weighted by molar-refractivity contribution is 7.09. The third-order valence-electron chi connectivity index (χ3n) is 4.67. The smallest absolute Gasteiger partial charge is 0.226 e. The maximum atomic E-state index is 11.6. The molecule has 8 nitrogen and oxygen atoms in total. The molecule has 3 aromatic rings. The van der Waals surface area contributed by atoms with Crippen molar-refractivity contribution in [2.45, 2.75) is 19.0 Å². The van der Waals surface area contributed by atoms with E-state index in [0.717, 1.165) is 28.8 Å². The van der Waals surface area contributed by atoms with E-state index in [1.165, 1.54) is 11.3 Å². The van der Waals surface area contributed by atoms with Gasteiger partial charge in [-0.15, -0.1) is 11.3 Å². The van der Waals surface area contributed by atoms with E-state index < -0.39 is 0 Å². The quantitative estimate of drug-likeness (QED) is 0.679. The molecule has 1 aliphatic heterocycles. The normalized spacial score (nSPS) is 17.5. The number of rotatable bonds is 6. The summed E-state index contributed by atoms with van der Waals surface area (Å²) in [6.45, 7) is 2.69. The molecule has 1 fully saturated rings. The number of hydrogen-bond donors (Lipinski definition) is 1. The number of morpholine rings is 1. The molecule has 1 N–H and O–H groups in total. The average molecular weight is 398 g/mol. The number of carbonyl (C=O) groups excluding carboxylic acids is 1. The standard InChI is InChI=1S/C19H22N6O2S/c1-20-17(26)9-18-23-14(12-28-18)10-24-7-8-27-11-16(24)19-21-13-22-25(19)15-5-3-2-4-6-15/h2-6,12-13,16H,7-11H2,1H3,(H,20,26). The predicted octanol–water partition coefficient (Wildman–Crippen LogP) is 1.59. The first kappa shape index (κ1) is 18.7. The van der Waals surface area contributed by atoms with Crippen LogP contribution in [0.2, 0.25) is 0 Å². The summed E-state index contributed by atoms with van der Waals surface area (Å²) in [5, 5.41) is 9.90. The summed E-state index contributed by atoms with van der Waals surface area (Å²) < 4.78 is 7.61. The molecule has 28 heavy (non-hydrogen) atoms. The summed E-state index contributed by atoms with van der Waals surface area (Å²) in [5.41, 5.74) is 1.93. The first-order valence-electron chi connectivity index (χ1n) is 9.15. The van der Waals surface area contributed by atoms with Crippen molar-refractivity contribution in [2.75, 3.05) is 26.8 Å². The van der Waals surface area contributed by atoms with E-state index in [1.807, 2.05) is 40.4 Å². The minimum atomic E-state index is -0.0267. The van der Waals surface area contributed by atoms with E-state index in [9.17, 15) is 4.79 Å². The van der Waals surface area contributed by atoms with Crippen LogP contribution in [0.25, 0.3) is 5.69 Å². The van der Waals surface area contributed by atoms with E-state index >= 15 is 0 Å². The van der Waals surface area contributed by atoms with Gasteiger partial charge in [-0.3, -0.25) is 9.69 Å². The van der Waals surface area contributed by atoms with Gasteiger partial charge in [-0.2, -0.15) is 5.10 Å². The zero-order chi connectivity index (χ0) is 19.3. The Morgan fingerprint density at radius 1 is 1.36 bits per heavy atom. The number of thiazole rings is 1. The molecule has 4 rings (SSSR count). The highest BCUT2D eigenvalue weighted by Crippen LogP contribution is 2.26. The second-order valence-electron chi connectivity index (χ2n) is 6.51. The number of carbonyl (C=O) groups is 1. The number of aromatic nitrogens is 4. The minimum Gasteiger partial charge on any atom is -0.378 e. The SMILES string of the molecule is CNC(=O)Cc1nc(CN2CCOCC2c2ncnn2-c2ccccc2)cs1. The molecular formula is C19H22N6O2S. The van der Waals surface area contributed by atoms with Gasteiger partial charge in [-0.1, -0.05) is 18.2 Å².